The standard InChI is InChI=1S/C11H8ClN5/c1-7-4-10(12)17-11(15-7)5-8(16-17)9-6-13-2-3-14-9/h2-6H,1H3. The number of hydrogen-bond donors (Lipinski definition) is 0. The molecule has 0 unspecified atom stereocenters. The quantitative estimate of drug-likeness (QED) is 0.617. The van der Waals surface area contributed by atoms with Crippen LogP contribution in [-0.4, -0.2) is 24.6 Å². The monoisotopic (exact) mass is 245 g/mol. The summed E-state index contributed by atoms with van der Waals surface area (Å²) < 4.78 is 1.58. The Balaban J connectivity index is 2.24. The average Bonchev–Trinajstić information content (AvgIpc) is 2.74. The van der Waals surface area contributed by atoms with Gasteiger partial charge >= 0.3 is 0 Å². The Kier molecular flexibility index (Phi) is 2.26. The zero-order valence-corrected chi connectivity index (χ0v) is 9.76. The Morgan fingerprint density at radius 1 is 1.18 bits per heavy atom. The number of aryl methyl sites for hydroxylation is 1. The van der Waals surface area contributed by atoms with Crippen LogP contribution in [0.25, 0.3) is 17.0 Å². The highest BCUT2D eigenvalue weighted by molar-refractivity contribution is 6.29. The van der Waals surface area contributed by atoms with Gasteiger partial charge in [-0.1, -0.05) is 11.6 Å². The first-order chi connectivity index (χ1) is 8.24. The van der Waals surface area contributed by atoms with E-state index in [1.807, 2.05) is 13.0 Å². The number of aromatic nitrogens is 5. The minimum Gasteiger partial charge on any atom is -0.261 e. The normalized spacial score (nSPS) is 10.9. The maximum absolute atomic E-state index is 6.09. The summed E-state index contributed by atoms with van der Waals surface area (Å²) in [7, 11) is 0. The third kappa shape index (κ3) is 1.74. The number of rotatable bonds is 1. The SMILES string of the molecule is Cc1cc(Cl)n2nc(-c3cnccn3)cc2n1. The molecular weight excluding hydrogens is 238 g/mol. The summed E-state index contributed by atoms with van der Waals surface area (Å²) in [6, 6.07) is 3.60. The predicted octanol–water partition coefficient (Wildman–Crippen LogP) is 2.15. The van der Waals surface area contributed by atoms with E-state index in [2.05, 4.69) is 20.1 Å². The number of nitrogens with zero attached hydrogens (tertiary/aromatic N) is 5. The van der Waals surface area contributed by atoms with Gasteiger partial charge in [0.25, 0.3) is 0 Å². The molecule has 84 valence electrons. The van der Waals surface area contributed by atoms with Crippen LogP contribution in [0.3, 0.4) is 0 Å². The third-order valence-corrected chi connectivity index (χ3v) is 2.61. The first-order valence-corrected chi connectivity index (χ1v) is 5.41. The third-order valence-electron chi connectivity index (χ3n) is 2.34. The van der Waals surface area contributed by atoms with Crippen molar-refractivity contribution in [2.75, 3.05) is 0 Å². The molecule has 0 aromatic carbocycles. The van der Waals surface area contributed by atoms with Gasteiger partial charge in [-0.25, -0.2) is 9.50 Å². The summed E-state index contributed by atoms with van der Waals surface area (Å²) in [4.78, 5) is 12.5. The molecule has 3 aromatic rings. The van der Waals surface area contributed by atoms with Crippen molar-refractivity contribution < 1.29 is 0 Å². The van der Waals surface area contributed by atoms with E-state index in [1.54, 1.807) is 29.2 Å². The smallest absolute Gasteiger partial charge is 0.157 e. The molecule has 0 radical (unpaired) electrons. The highest BCUT2D eigenvalue weighted by Crippen LogP contribution is 2.19. The van der Waals surface area contributed by atoms with Crippen molar-refractivity contribution in [3.05, 3.63) is 41.6 Å². The van der Waals surface area contributed by atoms with E-state index in [0.29, 0.717) is 22.2 Å². The van der Waals surface area contributed by atoms with Crippen molar-refractivity contribution >= 4 is 17.2 Å². The molecule has 17 heavy (non-hydrogen) atoms. The first-order valence-electron chi connectivity index (χ1n) is 5.03. The van der Waals surface area contributed by atoms with Gasteiger partial charge in [0, 0.05) is 24.2 Å². The van der Waals surface area contributed by atoms with Gasteiger partial charge in [-0.2, -0.15) is 5.10 Å². The topological polar surface area (TPSA) is 56.0 Å². The lowest BCUT2D eigenvalue weighted by Crippen LogP contribution is -1.94. The van der Waals surface area contributed by atoms with Gasteiger partial charge in [0.15, 0.2) is 5.65 Å². The van der Waals surface area contributed by atoms with Crippen molar-refractivity contribution in [2.24, 2.45) is 0 Å². The lowest BCUT2D eigenvalue weighted by molar-refractivity contribution is 0.930. The van der Waals surface area contributed by atoms with Crippen LogP contribution < -0.4 is 0 Å². The summed E-state index contributed by atoms with van der Waals surface area (Å²) in [5.74, 6) is 0. The Labute approximate surface area is 102 Å². The fourth-order valence-electron chi connectivity index (χ4n) is 1.61. The minimum atomic E-state index is 0.530. The Bertz CT molecular complexity index is 677. The van der Waals surface area contributed by atoms with Gasteiger partial charge in [0.05, 0.1) is 6.20 Å². The minimum absolute atomic E-state index is 0.530. The zero-order valence-electron chi connectivity index (χ0n) is 9.00. The molecular formula is C11H8ClN5. The molecule has 0 aliphatic heterocycles. The molecule has 3 rings (SSSR count). The van der Waals surface area contributed by atoms with Crippen molar-refractivity contribution in [2.45, 2.75) is 6.92 Å². The molecule has 0 aliphatic carbocycles. The van der Waals surface area contributed by atoms with Crippen LogP contribution in [0, 0.1) is 6.92 Å². The van der Waals surface area contributed by atoms with E-state index in [1.165, 1.54) is 0 Å². The van der Waals surface area contributed by atoms with E-state index in [9.17, 15) is 0 Å². The van der Waals surface area contributed by atoms with E-state index in [-0.39, 0.29) is 0 Å². The molecule has 0 N–H and O–H groups in total. The van der Waals surface area contributed by atoms with Crippen molar-refractivity contribution in [1.82, 2.24) is 24.6 Å². The maximum Gasteiger partial charge on any atom is 0.157 e. The molecule has 6 heteroatoms. The second-order valence-corrected chi connectivity index (χ2v) is 4.00. The van der Waals surface area contributed by atoms with Crippen LogP contribution in [-0.2, 0) is 0 Å². The van der Waals surface area contributed by atoms with Crippen LogP contribution in [0.4, 0.5) is 0 Å². The van der Waals surface area contributed by atoms with Crippen LogP contribution >= 0.6 is 11.6 Å². The van der Waals surface area contributed by atoms with Crippen molar-refractivity contribution in [3.8, 4) is 11.4 Å². The Hall–Kier alpha value is -2.01. The van der Waals surface area contributed by atoms with E-state index < -0.39 is 0 Å². The summed E-state index contributed by atoms with van der Waals surface area (Å²) in [5.41, 5.74) is 2.97. The molecule has 0 saturated heterocycles. The van der Waals surface area contributed by atoms with E-state index in [4.69, 9.17) is 11.6 Å². The lowest BCUT2D eigenvalue weighted by Gasteiger charge is -1.97. The first kappa shape index (κ1) is 10.2. The highest BCUT2D eigenvalue weighted by atomic mass is 35.5. The predicted molar refractivity (Wildman–Crippen MR) is 63.8 cm³/mol. The molecule has 0 aliphatic rings. The lowest BCUT2D eigenvalue weighted by atomic mass is 10.3. The van der Waals surface area contributed by atoms with Gasteiger partial charge in [-0.15, -0.1) is 0 Å². The summed E-state index contributed by atoms with van der Waals surface area (Å²) in [6.07, 6.45) is 4.90. The van der Waals surface area contributed by atoms with Gasteiger partial charge in [0.2, 0.25) is 0 Å². The van der Waals surface area contributed by atoms with Crippen LogP contribution in [0.1, 0.15) is 5.69 Å². The fraction of sp³-hybridized carbons (Fsp3) is 0.0909. The summed E-state index contributed by atoms with van der Waals surface area (Å²) >= 11 is 6.09. The van der Waals surface area contributed by atoms with Gasteiger partial charge in [0.1, 0.15) is 16.5 Å². The molecule has 5 nitrogen and oxygen atoms in total. The van der Waals surface area contributed by atoms with Crippen LogP contribution in [0.5, 0.6) is 0 Å². The second kappa shape index (κ2) is 3.78. The molecule has 3 aromatic heterocycles. The molecule has 0 atom stereocenters. The maximum atomic E-state index is 6.09. The molecule has 3 heterocycles. The molecule has 0 amide bonds. The van der Waals surface area contributed by atoms with E-state index >= 15 is 0 Å². The zero-order chi connectivity index (χ0) is 11.8. The largest absolute Gasteiger partial charge is 0.261 e. The number of halogens is 1. The average molecular weight is 246 g/mol. The Morgan fingerprint density at radius 3 is 2.82 bits per heavy atom. The summed E-state index contributed by atoms with van der Waals surface area (Å²) in [5, 5.41) is 4.87. The molecule has 0 spiro atoms. The van der Waals surface area contributed by atoms with Gasteiger partial charge in [-0.05, 0) is 13.0 Å². The fourth-order valence-corrected chi connectivity index (χ4v) is 1.89. The molecule has 0 bridgehead atoms. The Morgan fingerprint density at radius 2 is 2.06 bits per heavy atom. The van der Waals surface area contributed by atoms with Crippen molar-refractivity contribution in [3.63, 3.8) is 0 Å². The van der Waals surface area contributed by atoms with Crippen molar-refractivity contribution in [1.29, 1.82) is 0 Å². The van der Waals surface area contributed by atoms with Crippen LogP contribution in [0.15, 0.2) is 30.7 Å². The van der Waals surface area contributed by atoms with Gasteiger partial charge < -0.3 is 0 Å². The van der Waals surface area contributed by atoms with Gasteiger partial charge in [-0.3, -0.25) is 9.97 Å². The highest BCUT2D eigenvalue weighted by Gasteiger charge is 2.09. The molecule has 0 fully saturated rings. The second-order valence-electron chi connectivity index (χ2n) is 3.61. The summed E-state index contributed by atoms with van der Waals surface area (Å²) in [6.45, 7) is 1.89. The van der Waals surface area contributed by atoms with Crippen LogP contribution in [0.2, 0.25) is 5.15 Å². The number of hydrogen-bond acceptors (Lipinski definition) is 4. The molecule has 0 saturated carbocycles. The van der Waals surface area contributed by atoms with E-state index in [0.717, 1.165) is 5.69 Å². The number of fused-ring (bicyclic) bond motifs is 1.